The molecule has 5 rings (SSSR count). The second-order valence-electron chi connectivity index (χ2n) is 5.87. The van der Waals surface area contributed by atoms with Crippen LogP contribution in [0.25, 0.3) is 11.0 Å². The molecule has 0 spiro atoms. The van der Waals surface area contributed by atoms with Crippen molar-refractivity contribution in [3.05, 3.63) is 77.3 Å². The quantitative estimate of drug-likeness (QED) is 0.610. The molecule has 23 heavy (non-hydrogen) atoms. The van der Waals surface area contributed by atoms with E-state index in [1.54, 1.807) is 0 Å². The fourth-order valence-corrected chi connectivity index (χ4v) is 4.02. The molecule has 2 heterocycles. The van der Waals surface area contributed by atoms with Gasteiger partial charge < -0.3 is 9.47 Å². The molecular formula is C19H14BrN3. The Labute approximate surface area is 142 Å². The Kier molecular flexibility index (Phi) is 2.76. The van der Waals surface area contributed by atoms with Crippen LogP contribution in [0, 0.1) is 0 Å². The maximum atomic E-state index is 4.91. The third-order valence-corrected chi connectivity index (χ3v) is 5.08. The largest absolute Gasteiger partial charge is 0.303 e. The summed E-state index contributed by atoms with van der Waals surface area (Å²) in [4.78, 5) is 7.24. The zero-order valence-corrected chi connectivity index (χ0v) is 13.9. The first-order valence-corrected chi connectivity index (χ1v) is 8.49. The second kappa shape index (κ2) is 4.83. The molecular weight excluding hydrogens is 350 g/mol. The summed E-state index contributed by atoms with van der Waals surface area (Å²) in [7, 11) is 0. The molecule has 3 nitrogen and oxygen atoms in total. The Hall–Kier alpha value is -2.33. The zero-order valence-electron chi connectivity index (χ0n) is 12.3. The van der Waals surface area contributed by atoms with E-state index in [1.165, 1.54) is 11.2 Å². The molecule has 1 aromatic heterocycles. The monoisotopic (exact) mass is 363 g/mol. The van der Waals surface area contributed by atoms with Gasteiger partial charge in [-0.25, -0.2) is 4.98 Å². The molecule has 0 saturated heterocycles. The fraction of sp³-hybridized carbons (Fsp3) is 0.105. The highest BCUT2D eigenvalue weighted by molar-refractivity contribution is 9.11. The molecule has 3 aromatic rings. The lowest BCUT2D eigenvalue weighted by molar-refractivity contribution is 0.623. The lowest BCUT2D eigenvalue weighted by Crippen LogP contribution is -2.29. The third-order valence-electron chi connectivity index (χ3n) is 4.56. The molecule has 2 unspecified atom stereocenters. The number of benzene rings is 2. The number of rotatable bonds is 1. The summed E-state index contributed by atoms with van der Waals surface area (Å²) in [6.07, 6.45) is 6.65. The van der Waals surface area contributed by atoms with E-state index >= 15 is 0 Å². The van der Waals surface area contributed by atoms with Crippen molar-refractivity contribution in [2.45, 2.75) is 12.1 Å². The van der Waals surface area contributed by atoms with Gasteiger partial charge in [0.1, 0.15) is 0 Å². The van der Waals surface area contributed by atoms with Gasteiger partial charge in [-0.15, -0.1) is 0 Å². The van der Waals surface area contributed by atoms with Crippen molar-refractivity contribution in [3.63, 3.8) is 0 Å². The van der Waals surface area contributed by atoms with Gasteiger partial charge in [0.15, 0.2) is 0 Å². The van der Waals surface area contributed by atoms with E-state index in [0.717, 1.165) is 15.9 Å². The number of para-hydroxylation sites is 3. The van der Waals surface area contributed by atoms with Crippen molar-refractivity contribution in [1.82, 2.24) is 9.55 Å². The van der Waals surface area contributed by atoms with Crippen LogP contribution in [-0.4, -0.2) is 15.6 Å². The number of imidazole rings is 1. The van der Waals surface area contributed by atoms with Crippen molar-refractivity contribution in [2.24, 2.45) is 0 Å². The van der Waals surface area contributed by atoms with Crippen LogP contribution in [0.2, 0.25) is 0 Å². The van der Waals surface area contributed by atoms with Crippen molar-refractivity contribution >= 4 is 38.6 Å². The van der Waals surface area contributed by atoms with Gasteiger partial charge in [-0.05, 0) is 30.3 Å². The smallest absolute Gasteiger partial charge is 0.212 e. The standard InChI is InChI=1S/C19H14BrN3/c20-13-10-11-17-18(12-13)23-16-9-5-4-8-15(16)21-19(23)22(17)14-6-2-1-3-7-14/h1-12,17-18H. The van der Waals surface area contributed by atoms with E-state index in [2.05, 4.69) is 86.1 Å². The molecule has 1 aliphatic heterocycles. The van der Waals surface area contributed by atoms with Crippen LogP contribution in [0.5, 0.6) is 0 Å². The molecule has 2 aromatic carbocycles. The number of nitrogens with zero attached hydrogens (tertiary/aromatic N) is 3. The van der Waals surface area contributed by atoms with E-state index in [0.29, 0.717) is 0 Å². The minimum atomic E-state index is 0.247. The first-order valence-electron chi connectivity index (χ1n) is 7.70. The van der Waals surface area contributed by atoms with E-state index in [9.17, 15) is 0 Å². The Morgan fingerprint density at radius 2 is 1.70 bits per heavy atom. The number of hydrogen-bond acceptors (Lipinski definition) is 2. The highest BCUT2D eigenvalue weighted by Gasteiger charge is 2.40. The third kappa shape index (κ3) is 1.85. The van der Waals surface area contributed by atoms with Gasteiger partial charge in [-0.1, -0.05) is 58.4 Å². The molecule has 1 aliphatic carbocycles. The molecule has 0 saturated carbocycles. The summed E-state index contributed by atoms with van der Waals surface area (Å²) in [6.45, 7) is 0. The maximum Gasteiger partial charge on any atom is 0.212 e. The van der Waals surface area contributed by atoms with E-state index in [4.69, 9.17) is 4.98 Å². The SMILES string of the molecule is BrC1=CC2C(C=C1)N(c1ccccc1)c1nc3ccccc3n12. The average Bonchev–Trinajstić information content (AvgIpc) is 3.10. The fourth-order valence-electron chi connectivity index (χ4n) is 3.59. The highest BCUT2D eigenvalue weighted by Crippen LogP contribution is 2.45. The molecule has 2 aliphatic rings. The number of halogens is 1. The minimum Gasteiger partial charge on any atom is -0.303 e. The van der Waals surface area contributed by atoms with Crippen LogP contribution < -0.4 is 4.90 Å². The van der Waals surface area contributed by atoms with Gasteiger partial charge in [0.2, 0.25) is 5.95 Å². The molecule has 112 valence electrons. The molecule has 0 bridgehead atoms. The van der Waals surface area contributed by atoms with Crippen LogP contribution in [0.3, 0.4) is 0 Å². The minimum absolute atomic E-state index is 0.247. The topological polar surface area (TPSA) is 21.1 Å². The molecule has 4 heteroatoms. The first-order chi connectivity index (χ1) is 11.3. The number of hydrogen-bond donors (Lipinski definition) is 0. The highest BCUT2D eigenvalue weighted by atomic mass is 79.9. The lowest BCUT2D eigenvalue weighted by atomic mass is 10.0. The van der Waals surface area contributed by atoms with Gasteiger partial charge in [0.25, 0.3) is 0 Å². The van der Waals surface area contributed by atoms with Crippen molar-refractivity contribution < 1.29 is 0 Å². The lowest BCUT2D eigenvalue weighted by Gasteiger charge is -2.27. The van der Waals surface area contributed by atoms with Crippen LogP contribution in [0.15, 0.2) is 77.3 Å². The Morgan fingerprint density at radius 3 is 2.57 bits per heavy atom. The zero-order chi connectivity index (χ0) is 15.4. The summed E-state index contributed by atoms with van der Waals surface area (Å²) in [5, 5.41) is 0. The number of anilines is 2. The predicted molar refractivity (Wildman–Crippen MR) is 97.3 cm³/mol. The molecule has 2 atom stereocenters. The second-order valence-corrected chi connectivity index (χ2v) is 6.78. The van der Waals surface area contributed by atoms with Crippen LogP contribution in [0.1, 0.15) is 6.04 Å². The van der Waals surface area contributed by atoms with Crippen LogP contribution >= 0.6 is 15.9 Å². The summed E-state index contributed by atoms with van der Waals surface area (Å²) in [5.74, 6) is 1.01. The first kappa shape index (κ1) is 13.1. The molecule has 0 N–H and O–H groups in total. The normalized spacial score (nSPS) is 22.1. The van der Waals surface area contributed by atoms with Crippen LogP contribution in [-0.2, 0) is 0 Å². The summed E-state index contributed by atoms with van der Waals surface area (Å²) in [6, 6.07) is 19.4. The number of aromatic nitrogens is 2. The Bertz CT molecular complexity index is 955. The Balaban J connectivity index is 1.80. The van der Waals surface area contributed by atoms with Crippen molar-refractivity contribution in [1.29, 1.82) is 0 Å². The van der Waals surface area contributed by atoms with E-state index in [1.807, 2.05) is 12.1 Å². The summed E-state index contributed by atoms with van der Waals surface area (Å²) < 4.78 is 3.47. The maximum absolute atomic E-state index is 4.91. The van der Waals surface area contributed by atoms with Gasteiger partial charge in [0.05, 0.1) is 23.1 Å². The Morgan fingerprint density at radius 1 is 0.913 bits per heavy atom. The molecule has 0 amide bonds. The van der Waals surface area contributed by atoms with Gasteiger partial charge >= 0.3 is 0 Å². The van der Waals surface area contributed by atoms with E-state index in [-0.39, 0.29) is 12.1 Å². The summed E-state index contributed by atoms with van der Waals surface area (Å²) in [5.41, 5.74) is 3.40. The summed E-state index contributed by atoms with van der Waals surface area (Å²) >= 11 is 3.63. The molecule has 0 radical (unpaired) electrons. The van der Waals surface area contributed by atoms with Gasteiger partial charge in [0, 0.05) is 10.2 Å². The number of fused-ring (bicyclic) bond motifs is 5. The van der Waals surface area contributed by atoms with Crippen molar-refractivity contribution in [2.75, 3.05) is 4.90 Å². The van der Waals surface area contributed by atoms with Gasteiger partial charge in [-0.3, -0.25) is 0 Å². The predicted octanol–water partition coefficient (Wildman–Crippen LogP) is 4.95. The number of allylic oxidation sites excluding steroid dienone is 2. The van der Waals surface area contributed by atoms with E-state index < -0.39 is 0 Å². The van der Waals surface area contributed by atoms with Gasteiger partial charge in [-0.2, -0.15) is 0 Å². The van der Waals surface area contributed by atoms with Crippen LogP contribution in [0.4, 0.5) is 11.6 Å². The van der Waals surface area contributed by atoms with Crippen molar-refractivity contribution in [3.8, 4) is 0 Å². The average molecular weight is 364 g/mol. The molecule has 0 fully saturated rings.